The van der Waals surface area contributed by atoms with E-state index in [0.29, 0.717) is 0 Å². The van der Waals surface area contributed by atoms with E-state index in [0.717, 1.165) is 0 Å². The molecule has 0 saturated heterocycles. The maximum Gasteiger partial charge on any atom is 0.478 e. The van der Waals surface area contributed by atoms with Crippen LogP contribution in [-0.4, -0.2) is 81.8 Å². The van der Waals surface area contributed by atoms with Crippen molar-refractivity contribution in [3.05, 3.63) is 0 Å². The zero-order valence-corrected chi connectivity index (χ0v) is 12.1. The molecule has 0 aliphatic rings. The smallest absolute Gasteiger partial charge is 0.478 e. The average molecular weight is 372 g/mol. The first kappa shape index (κ1) is 23.5. The molecule has 0 spiro atoms. The SMILES string of the molecule is O=C[C@H](O)[C@@H](O)[C@H](O)[C@H](O)C(=O)O.O=P(O)(O)OP(=O)(O)O. The van der Waals surface area contributed by atoms with Crippen LogP contribution in [0.1, 0.15) is 0 Å². The predicted molar refractivity (Wildman–Crippen MR) is 62.9 cm³/mol. The first-order valence-corrected chi connectivity index (χ1v) is 7.91. The molecule has 14 nitrogen and oxygen atoms in total. The van der Waals surface area contributed by atoms with Gasteiger partial charge in [-0.25, -0.2) is 13.9 Å². The van der Waals surface area contributed by atoms with Crippen molar-refractivity contribution < 1.29 is 68.1 Å². The Bertz CT molecular complexity index is 430. The molecule has 0 amide bonds. The number of aliphatic carboxylic acids is 1. The normalized spacial score (nSPS) is 17.5. The second kappa shape index (κ2) is 9.39. The van der Waals surface area contributed by atoms with Gasteiger partial charge in [-0.2, -0.15) is 4.31 Å². The highest BCUT2D eigenvalue weighted by Crippen LogP contribution is 2.53. The highest BCUT2D eigenvalue weighted by Gasteiger charge is 2.34. The Morgan fingerprint density at radius 3 is 1.45 bits per heavy atom. The Morgan fingerprint density at radius 1 is 0.909 bits per heavy atom. The van der Waals surface area contributed by atoms with Crippen LogP contribution in [0.5, 0.6) is 0 Å². The molecule has 0 aromatic heterocycles. The van der Waals surface area contributed by atoms with E-state index in [4.69, 9.17) is 45.1 Å². The summed E-state index contributed by atoms with van der Waals surface area (Å²) in [5, 5.41) is 43.2. The van der Waals surface area contributed by atoms with E-state index in [9.17, 15) is 18.7 Å². The molecular weight excluding hydrogens is 358 g/mol. The zero-order valence-electron chi connectivity index (χ0n) is 10.3. The Labute approximate surface area is 121 Å². The quantitative estimate of drug-likeness (QED) is 0.152. The summed E-state index contributed by atoms with van der Waals surface area (Å²) in [6.45, 7) is 0. The molecule has 132 valence electrons. The minimum atomic E-state index is -5.05. The van der Waals surface area contributed by atoms with E-state index in [1.165, 1.54) is 0 Å². The summed E-state index contributed by atoms with van der Waals surface area (Å²) in [4.78, 5) is 51.0. The number of carbonyl (C=O) groups excluding carboxylic acids is 1. The number of aliphatic hydroxyl groups is 4. The molecule has 0 aromatic carbocycles. The molecule has 0 aliphatic heterocycles. The van der Waals surface area contributed by atoms with Gasteiger partial charge in [0.2, 0.25) is 0 Å². The molecule has 0 fully saturated rings. The lowest BCUT2D eigenvalue weighted by molar-refractivity contribution is -0.163. The van der Waals surface area contributed by atoms with Gasteiger partial charge in [0, 0.05) is 0 Å². The van der Waals surface area contributed by atoms with Crippen molar-refractivity contribution in [1.29, 1.82) is 0 Å². The van der Waals surface area contributed by atoms with Gasteiger partial charge in [-0.3, -0.25) is 0 Å². The fraction of sp³-hybridized carbons (Fsp3) is 0.667. The lowest BCUT2D eigenvalue weighted by atomic mass is 10.0. The van der Waals surface area contributed by atoms with Crippen molar-refractivity contribution in [2.45, 2.75) is 24.4 Å². The largest absolute Gasteiger partial charge is 0.479 e. The fourth-order valence-electron chi connectivity index (χ4n) is 0.754. The average Bonchev–Trinajstić information content (AvgIpc) is 2.31. The number of hydrogen-bond donors (Lipinski definition) is 9. The van der Waals surface area contributed by atoms with Gasteiger partial charge in [-0.15, -0.1) is 0 Å². The summed E-state index contributed by atoms with van der Waals surface area (Å²) >= 11 is 0. The number of aliphatic hydroxyl groups excluding tert-OH is 4. The van der Waals surface area contributed by atoms with Gasteiger partial charge < -0.3 is 49.9 Å². The fourth-order valence-corrected chi connectivity index (χ4v) is 1.86. The third-order valence-corrected chi connectivity index (χ3v) is 3.33. The third-order valence-electron chi connectivity index (χ3n) is 1.63. The molecular formula is C6H14O14P2. The van der Waals surface area contributed by atoms with Gasteiger partial charge in [0.25, 0.3) is 0 Å². The topological polar surface area (TPSA) is 260 Å². The van der Waals surface area contributed by atoms with Crippen LogP contribution in [0.25, 0.3) is 0 Å². The molecule has 0 aromatic rings. The number of aldehydes is 1. The van der Waals surface area contributed by atoms with E-state index in [2.05, 4.69) is 4.31 Å². The maximum absolute atomic E-state index is 10.1. The minimum Gasteiger partial charge on any atom is -0.479 e. The van der Waals surface area contributed by atoms with Crippen molar-refractivity contribution in [2.24, 2.45) is 0 Å². The summed E-state index contributed by atoms with van der Waals surface area (Å²) in [5.74, 6) is -1.76. The molecule has 22 heavy (non-hydrogen) atoms. The highest BCUT2D eigenvalue weighted by atomic mass is 31.3. The van der Waals surface area contributed by atoms with Crippen molar-refractivity contribution in [3.8, 4) is 0 Å². The monoisotopic (exact) mass is 372 g/mol. The van der Waals surface area contributed by atoms with Gasteiger partial charge in [-0.1, -0.05) is 0 Å². The molecule has 4 atom stereocenters. The number of carboxylic acids is 1. The van der Waals surface area contributed by atoms with E-state index >= 15 is 0 Å². The molecule has 0 aliphatic carbocycles. The van der Waals surface area contributed by atoms with Gasteiger partial charge in [0.15, 0.2) is 12.4 Å². The molecule has 0 rings (SSSR count). The molecule has 0 radical (unpaired) electrons. The van der Waals surface area contributed by atoms with Gasteiger partial charge >= 0.3 is 21.6 Å². The van der Waals surface area contributed by atoms with E-state index in [-0.39, 0.29) is 6.29 Å². The van der Waals surface area contributed by atoms with Gasteiger partial charge in [0.05, 0.1) is 0 Å². The molecule has 0 bridgehead atoms. The summed E-state index contributed by atoms with van der Waals surface area (Å²) in [6.07, 6.45) is -8.39. The first-order chi connectivity index (χ1) is 9.62. The van der Waals surface area contributed by atoms with Crippen LogP contribution in [-0.2, 0) is 23.0 Å². The Kier molecular flexibility index (Phi) is 10.0. The number of carbonyl (C=O) groups is 2. The second-order valence-corrected chi connectivity index (χ2v) is 6.07. The minimum absolute atomic E-state index is 0.0809. The molecule has 0 heterocycles. The lowest BCUT2D eigenvalue weighted by Gasteiger charge is -2.21. The van der Waals surface area contributed by atoms with Crippen LogP contribution in [0, 0.1) is 0 Å². The summed E-state index contributed by atoms with van der Waals surface area (Å²) < 4.78 is 22.2. The number of hydrogen-bond acceptors (Lipinski definition) is 9. The third kappa shape index (κ3) is 11.9. The van der Waals surface area contributed by atoms with Gasteiger partial charge in [-0.05, 0) is 0 Å². The summed E-state index contributed by atoms with van der Waals surface area (Å²) in [7, 11) is -10.1. The standard InChI is InChI=1S/C6H10O7.H4O7P2/c7-1-2(8)3(9)4(10)5(11)6(12)13;1-8(2,3)7-9(4,5)6/h1-5,8-11H,(H,12,13);(H2,1,2,3)(H2,4,5,6)/t2-,3+,4-,5-;/m0./s1. The van der Waals surface area contributed by atoms with Crippen LogP contribution in [0.3, 0.4) is 0 Å². The molecule has 9 N–H and O–H groups in total. The van der Waals surface area contributed by atoms with Crippen LogP contribution in [0.2, 0.25) is 0 Å². The molecule has 0 unspecified atom stereocenters. The van der Waals surface area contributed by atoms with Crippen LogP contribution >= 0.6 is 15.6 Å². The number of carboxylic acid groups (broad SMARTS) is 1. The predicted octanol–water partition coefficient (Wildman–Crippen LogP) is -4.10. The van der Waals surface area contributed by atoms with Crippen LogP contribution in [0.15, 0.2) is 0 Å². The zero-order chi connectivity index (χ0) is 18.3. The number of phosphoric acid groups is 2. The highest BCUT2D eigenvalue weighted by molar-refractivity contribution is 7.60. The second-order valence-electron chi connectivity index (χ2n) is 3.45. The van der Waals surface area contributed by atoms with Crippen molar-refractivity contribution in [3.63, 3.8) is 0 Å². The molecule has 0 saturated carbocycles. The molecule has 16 heteroatoms. The van der Waals surface area contributed by atoms with Crippen LogP contribution in [0.4, 0.5) is 0 Å². The Morgan fingerprint density at radius 2 is 1.27 bits per heavy atom. The van der Waals surface area contributed by atoms with Crippen LogP contribution < -0.4 is 0 Å². The van der Waals surface area contributed by atoms with Crippen molar-refractivity contribution in [2.75, 3.05) is 0 Å². The van der Waals surface area contributed by atoms with Crippen molar-refractivity contribution in [1.82, 2.24) is 0 Å². The van der Waals surface area contributed by atoms with Crippen molar-refractivity contribution >= 4 is 27.9 Å². The summed E-state index contributed by atoms with van der Waals surface area (Å²) in [5.41, 5.74) is 0. The maximum atomic E-state index is 10.1. The lowest BCUT2D eigenvalue weighted by Crippen LogP contribution is -2.48. The van der Waals surface area contributed by atoms with Gasteiger partial charge in [0.1, 0.15) is 18.3 Å². The van der Waals surface area contributed by atoms with E-state index in [1.807, 2.05) is 0 Å². The first-order valence-electron chi connectivity index (χ1n) is 4.85. The Balaban J connectivity index is 0. The summed E-state index contributed by atoms with van der Waals surface area (Å²) in [6, 6.07) is 0. The van der Waals surface area contributed by atoms with E-state index in [1.54, 1.807) is 0 Å². The Hall–Kier alpha value is -0.760. The van der Waals surface area contributed by atoms with E-state index < -0.39 is 46.0 Å². The number of rotatable bonds is 7.